The molecule has 146 valence electrons. The first-order chi connectivity index (χ1) is 13.6. The van der Waals surface area contributed by atoms with Gasteiger partial charge in [0.05, 0.1) is 6.04 Å². The monoisotopic (exact) mass is 377 g/mol. The number of aryl methyl sites for hydroxylation is 1. The van der Waals surface area contributed by atoms with E-state index in [1.165, 1.54) is 0 Å². The summed E-state index contributed by atoms with van der Waals surface area (Å²) in [5, 5.41) is 5.10. The predicted octanol–water partition coefficient (Wildman–Crippen LogP) is 4.89. The molecule has 0 heterocycles. The number of rotatable bonds is 8. The molecule has 0 saturated carbocycles. The summed E-state index contributed by atoms with van der Waals surface area (Å²) >= 11 is 0. The van der Waals surface area contributed by atoms with E-state index in [1.54, 1.807) is 0 Å². The Morgan fingerprint density at radius 3 is 2.43 bits per heavy atom. The Labute approximate surface area is 166 Å². The van der Waals surface area contributed by atoms with Gasteiger partial charge in [0.15, 0.2) is 6.10 Å². The van der Waals surface area contributed by atoms with E-state index in [-0.39, 0.29) is 11.9 Å². The van der Waals surface area contributed by atoms with Gasteiger partial charge in [-0.05, 0) is 43.4 Å². The van der Waals surface area contributed by atoms with Crippen molar-refractivity contribution in [1.82, 2.24) is 5.32 Å². The van der Waals surface area contributed by atoms with E-state index in [1.807, 2.05) is 87.5 Å². The van der Waals surface area contributed by atoms with Gasteiger partial charge in [-0.15, -0.1) is 0 Å². The van der Waals surface area contributed by atoms with Crippen LogP contribution >= 0.6 is 0 Å². The van der Waals surface area contributed by atoms with Crippen LogP contribution in [0.4, 0.5) is 0 Å². The second-order valence-corrected chi connectivity index (χ2v) is 6.98. The molecule has 3 rings (SSSR count). The van der Waals surface area contributed by atoms with Crippen LogP contribution in [0, 0.1) is 6.92 Å². The van der Waals surface area contributed by atoms with Crippen LogP contribution in [0.15, 0.2) is 66.7 Å². The van der Waals surface area contributed by atoms with Crippen molar-refractivity contribution in [3.8, 4) is 11.5 Å². The van der Waals surface area contributed by atoms with Gasteiger partial charge in [0, 0.05) is 5.39 Å². The third-order valence-corrected chi connectivity index (χ3v) is 4.65. The van der Waals surface area contributed by atoms with Crippen LogP contribution < -0.4 is 14.8 Å². The van der Waals surface area contributed by atoms with Crippen LogP contribution in [0.25, 0.3) is 10.8 Å². The molecule has 0 spiro atoms. The fourth-order valence-electron chi connectivity index (χ4n) is 3.08. The van der Waals surface area contributed by atoms with Crippen molar-refractivity contribution in [3.05, 3.63) is 72.3 Å². The zero-order valence-electron chi connectivity index (χ0n) is 16.6. The number of benzene rings is 3. The molecule has 0 fully saturated rings. The maximum atomic E-state index is 12.7. The number of hydrogen-bond acceptors (Lipinski definition) is 3. The quantitative estimate of drug-likeness (QED) is 0.608. The highest BCUT2D eigenvalue weighted by atomic mass is 16.5. The van der Waals surface area contributed by atoms with E-state index in [2.05, 4.69) is 5.32 Å². The van der Waals surface area contributed by atoms with Crippen molar-refractivity contribution < 1.29 is 14.3 Å². The lowest BCUT2D eigenvalue weighted by atomic mass is 10.1. The van der Waals surface area contributed by atoms with Gasteiger partial charge in [-0.3, -0.25) is 4.79 Å². The first kappa shape index (κ1) is 19.7. The Balaban J connectivity index is 1.60. The Morgan fingerprint density at radius 2 is 1.64 bits per heavy atom. The fraction of sp³-hybridized carbons (Fsp3) is 0.292. The van der Waals surface area contributed by atoms with Crippen molar-refractivity contribution >= 4 is 16.7 Å². The van der Waals surface area contributed by atoms with Crippen molar-refractivity contribution in [2.24, 2.45) is 0 Å². The van der Waals surface area contributed by atoms with E-state index in [9.17, 15) is 4.79 Å². The highest BCUT2D eigenvalue weighted by Crippen LogP contribution is 2.26. The molecule has 3 aromatic carbocycles. The molecule has 0 saturated heterocycles. The molecular weight excluding hydrogens is 350 g/mol. The van der Waals surface area contributed by atoms with Gasteiger partial charge >= 0.3 is 0 Å². The summed E-state index contributed by atoms with van der Waals surface area (Å²) in [4.78, 5) is 12.7. The maximum absolute atomic E-state index is 12.7. The van der Waals surface area contributed by atoms with E-state index >= 15 is 0 Å². The first-order valence-corrected chi connectivity index (χ1v) is 9.71. The largest absolute Gasteiger partial charge is 0.491 e. The maximum Gasteiger partial charge on any atom is 0.261 e. The minimum Gasteiger partial charge on any atom is -0.491 e. The molecule has 0 aliphatic carbocycles. The molecule has 1 N–H and O–H groups in total. The molecular formula is C24H27NO3. The average molecular weight is 377 g/mol. The number of carbonyl (C=O) groups is 1. The Kier molecular flexibility index (Phi) is 6.53. The average Bonchev–Trinajstić information content (AvgIpc) is 2.71. The van der Waals surface area contributed by atoms with Crippen LogP contribution in [-0.4, -0.2) is 24.7 Å². The van der Waals surface area contributed by atoms with Gasteiger partial charge in [0.2, 0.25) is 0 Å². The molecule has 0 aromatic heterocycles. The molecule has 0 unspecified atom stereocenters. The molecule has 2 atom stereocenters. The topological polar surface area (TPSA) is 47.6 Å². The molecule has 3 aromatic rings. The van der Waals surface area contributed by atoms with E-state index in [4.69, 9.17) is 9.47 Å². The number of nitrogens with one attached hydrogen (secondary N) is 1. The molecule has 0 bridgehead atoms. The second-order valence-electron chi connectivity index (χ2n) is 6.98. The third kappa shape index (κ3) is 4.83. The minimum atomic E-state index is -0.549. The molecule has 4 nitrogen and oxygen atoms in total. The third-order valence-electron chi connectivity index (χ3n) is 4.65. The van der Waals surface area contributed by atoms with Crippen molar-refractivity contribution in [2.45, 2.75) is 39.3 Å². The van der Waals surface area contributed by atoms with E-state index in [0.717, 1.165) is 27.8 Å². The summed E-state index contributed by atoms with van der Waals surface area (Å²) in [6, 6.07) is 21.6. The van der Waals surface area contributed by atoms with Crippen LogP contribution in [-0.2, 0) is 4.79 Å². The van der Waals surface area contributed by atoms with Gasteiger partial charge in [0.25, 0.3) is 5.91 Å². The number of fused-ring (bicyclic) bond motifs is 1. The van der Waals surface area contributed by atoms with Crippen LogP contribution in [0.2, 0.25) is 0 Å². The highest BCUT2D eigenvalue weighted by molar-refractivity contribution is 5.89. The summed E-state index contributed by atoms with van der Waals surface area (Å²) in [5.74, 6) is 1.43. The Hall–Kier alpha value is -3.01. The molecule has 4 heteroatoms. The lowest BCUT2D eigenvalue weighted by molar-refractivity contribution is -0.128. The standard InChI is InChI=1S/C24H27NO3/c1-4-21(28-23-15-9-12-19-11-6-7-13-20(19)23)24(26)25-18(3)16-27-22-14-8-5-10-17(22)2/h5-15,18,21H,4,16H2,1-3H3,(H,25,26)/t18-,21+/m1/s1. The summed E-state index contributed by atoms with van der Waals surface area (Å²) in [5.41, 5.74) is 1.08. The normalized spacial score (nSPS) is 13.0. The van der Waals surface area contributed by atoms with Crippen LogP contribution in [0.1, 0.15) is 25.8 Å². The number of para-hydroxylation sites is 1. The fourth-order valence-corrected chi connectivity index (χ4v) is 3.08. The summed E-state index contributed by atoms with van der Waals surface area (Å²) in [6.45, 7) is 6.29. The summed E-state index contributed by atoms with van der Waals surface area (Å²) in [7, 11) is 0. The number of carbonyl (C=O) groups excluding carboxylic acids is 1. The Morgan fingerprint density at radius 1 is 0.964 bits per heavy atom. The molecule has 1 amide bonds. The van der Waals surface area contributed by atoms with E-state index < -0.39 is 6.10 Å². The SMILES string of the molecule is CC[C@H](Oc1cccc2ccccc12)C(=O)N[C@H](C)COc1ccccc1C. The van der Waals surface area contributed by atoms with Crippen molar-refractivity contribution in [3.63, 3.8) is 0 Å². The molecule has 0 aliphatic heterocycles. The number of amides is 1. The van der Waals surface area contributed by atoms with Crippen molar-refractivity contribution in [2.75, 3.05) is 6.61 Å². The predicted molar refractivity (Wildman–Crippen MR) is 113 cm³/mol. The van der Waals surface area contributed by atoms with Crippen LogP contribution in [0.3, 0.4) is 0 Å². The van der Waals surface area contributed by atoms with E-state index in [0.29, 0.717) is 13.0 Å². The summed E-state index contributed by atoms with van der Waals surface area (Å²) in [6.07, 6.45) is 0.0344. The van der Waals surface area contributed by atoms with Gasteiger partial charge in [-0.25, -0.2) is 0 Å². The Bertz CT molecular complexity index is 933. The highest BCUT2D eigenvalue weighted by Gasteiger charge is 2.21. The lowest BCUT2D eigenvalue weighted by Gasteiger charge is -2.21. The zero-order valence-corrected chi connectivity index (χ0v) is 16.6. The molecule has 0 aliphatic rings. The number of hydrogen-bond donors (Lipinski definition) is 1. The van der Waals surface area contributed by atoms with Gasteiger partial charge in [-0.1, -0.05) is 61.5 Å². The van der Waals surface area contributed by atoms with Gasteiger partial charge in [0.1, 0.15) is 18.1 Å². The lowest BCUT2D eigenvalue weighted by Crippen LogP contribution is -2.44. The molecule has 28 heavy (non-hydrogen) atoms. The molecule has 0 radical (unpaired) electrons. The second kappa shape index (κ2) is 9.27. The number of ether oxygens (including phenoxy) is 2. The van der Waals surface area contributed by atoms with Crippen LogP contribution in [0.5, 0.6) is 11.5 Å². The first-order valence-electron chi connectivity index (χ1n) is 9.71. The minimum absolute atomic E-state index is 0.128. The van der Waals surface area contributed by atoms with Gasteiger partial charge < -0.3 is 14.8 Å². The zero-order chi connectivity index (χ0) is 19.9. The van der Waals surface area contributed by atoms with Gasteiger partial charge in [-0.2, -0.15) is 0 Å². The summed E-state index contributed by atoms with van der Waals surface area (Å²) < 4.78 is 11.9. The van der Waals surface area contributed by atoms with Crippen molar-refractivity contribution in [1.29, 1.82) is 0 Å². The smallest absolute Gasteiger partial charge is 0.261 e.